The molecule has 0 spiro atoms. The van der Waals surface area contributed by atoms with Gasteiger partial charge in [0.15, 0.2) is 0 Å². The summed E-state index contributed by atoms with van der Waals surface area (Å²) in [6.07, 6.45) is 0. The molecule has 98 valence electrons. The first-order chi connectivity index (χ1) is 9.74. The molecule has 3 rings (SSSR count). The molecule has 2 aromatic carbocycles. The maximum atomic E-state index is 12.2. The Kier molecular flexibility index (Phi) is 3.26. The number of nitrogens with zero attached hydrogens (tertiary/aromatic N) is 4. The van der Waals surface area contributed by atoms with Crippen molar-refractivity contribution >= 4 is 17.4 Å². The summed E-state index contributed by atoms with van der Waals surface area (Å²) in [5, 5.41) is 12.3. The molecule has 5 nitrogen and oxygen atoms in total. The van der Waals surface area contributed by atoms with Crippen LogP contribution in [0.1, 0.15) is 16.2 Å². The zero-order valence-electron chi connectivity index (χ0n) is 10.3. The second kappa shape index (κ2) is 5.22. The Labute approximate surface area is 119 Å². The summed E-state index contributed by atoms with van der Waals surface area (Å²) in [5.41, 5.74) is 1.22. The number of carbonyl (C=O) groups excluding carboxylic acids is 1. The first-order valence-corrected chi connectivity index (χ1v) is 6.27. The van der Waals surface area contributed by atoms with Crippen LogP contribution in [-0.4, -0.2) is 26.0 Å². The Morgan fingerprint density at radius 1 is 1.00 bits per heavy atom. The molecular weight excluding hydrogens is 276 g/mol. The van der Waals surface area contributed by atoms with Gasteiger partial charge in [0.25, 0.3) is 0 Å². The van der Waals surface area contributed by atoms with Gasteiger partial charge in [-0.15, -0.1) is 15.0 Å². The van der Waals surface area contributed by atoms with Crippen molar-refractivity contribution in [3.05, 3.63) is 71.0 Å². The molecular formula is C14H9ClN4O. The Morgan fingerprint density at radius 2 is 1.70 bits per heavy atom. The molecule has 1 aromatic heterocycles. The molecule has 0 unspecified atom stereocenters. The summed E-state index contributed by atoms with van der Waals surface area (Å²) in [7, 11) is 0. The fourth-order valence-corrected chi connectivity index (χ4v) is 1.83. The highest BCUT2D eigenvalue weighted by Gasteiger charge is 2.15. The van der Waals surface area contributed by atoms with E-state index in [0.29, 0.717) is 10.6 Å². The molecule has 0 saturated heterocycles. The van der Waals surface area contributed by atoms with Gasteiger partial charge < -0.3 is 0 Å². The van der Waals surface area contributed by atoms with Crippen LogP contribution in [0.25, 0.3) is 5.69 Å². The maximum absolute atomic E-state index is 12.2. The van der Waals surface area contributed by atoms with Gasteiger partial charge in [0, 0.05) is 10.6 Å². The Bertz CT molecular complexity index is 737. The highest BCUT2D eigenvalue weighted by molar-refractivity contribution is 6.30. The van der Waals surface area contributed by atoms with Crippen molar-refractivity contribution < 1.29 is 4.79 Å². The third-order valence-electron chi connectivity index (χ3n) is 2.71. The fraction of sp³-hybridized carbons (Fsp3) is 0. The van der Waals surface area contributed by atoms with Crippen LogP contribution in [0.4, 0.5) is 0 Å². The highest BCUT2D eigenvalue weighted by Crippen LogP contribution is 2.12. The average molecular weight is 285 g/mol. The van der Waals surface area contributed by atoms with Gasteiger partial charge in [-0.3, -0.25) is 4.79 Å². The molecule has 0 amide bonds. The van der Waals surface area contributed by atoms with Crippen LogP contribution >= 0.6 is 11.6 Å². The van der Waals surface area contributed by atoms with Crippen LogP contribution < -0.4 is 0 Å². The second-order valence-corrected chi connectivity index (χ2v) is 4.51. The standard InChI is InChI=1S/C14H9ClN4O/c15-11-8-6-10(7-9-11)13(20)14-16-18-19(17-14)12-4-2-1-3-5-12/h1-9H. The van der Waals surface area contributed by atoms with E-state index in [4.69, 9.17) is 11.6 Å². The lowest BCUT2D eigenvalue weighted by molar-refractivity contribution is 0.102. The van der Waals surface area contributed by atoms with E-state index in [-0.39, 0.29) is 11.6 Å². The Balaban J connectivity index is 1.90. The van der Waals surface area contributed by atoms with E-state index in [2.05, 4.69) is 15.4 Å². The van der Waals surface area contributed by atoms with Crippen molar-refractivity contribution in [2.24, 2.45) is 0 Å². The minimum Gasteiger partial charge on any atom is -0.285 e. The monoisotopic (exact) mass is 284 g/mol. The van der Waals surface area contributed by atoms with Crippen molar-refractivity contribution in [3.8, 4) is 5.69 Å². The molecule has 0 N–H and O–H groups in total. The molecule has 0 bridgehead atoms. The molecule has 0 fully saturated rings. The Morgan fingerprint density at radius 3 is 2.40 bits per heavy atom. The number of carbonyl (C=O) groups is 1. The molecule has 6 heteroatoms. The van der Waals surface area contributed by atoms with Crippen LogP contribution in [0.2, 0.25) is 5.02 Å². The number of hydrogen-bond donors (Lipinski definition) is 0. The molecule has 0 atom stereocenters. The van der Waals surface area contributed by atoms with E-state index in [9.17, 15) is 4.79 Å². The molecule has 1 heterocycles. The summed E-state index contributed by atoms with van der Waals surface area (Å²) in [4.78, 5) is 13.5. The summed E-state index contributed by atoms with van der Waals surface area (Å²) < 4.78 is 0. The molecule has 3 aromatic rings. The average Bonchev–Trinajstić information content (AvgIpc) is 2.98. The summed E-state index contributed by atoms with van der Waals surface area (Å²) >= 11 is 5.79. The number of para-hydroxylation sites is 1. The number of aromatic nitrogens is 4. The fourth-order valence-electron chi connectivity index (χ4n) is 1.71. The van der Waals surface area contributed by atoms with Crippen molar-refractivity contribution in [3.63, 3.8) is 0 Å². The number of tetrazole rings is 1. The lowest BCUT2D eigenvalue weighted by Crippen LogP contribution is -2.05. The van der Waals surface area contributed by atoms with Gasteiger partial charge in [-0.05, 0) is 41.6 Å². The van der Waals surface area contributed by atoms with Crippen LogP contribution in [0.3, 0.4) is 0 Å². The molecule has 0 aliphatic rings. The Hall–Kier alpha value is -2.53. The number of hydrogen-bond acceptors (Lipinski definition) is 4. The predicted molar refractivity (Wildman–Crippen MR) is 74.0 cm³/mol. The molecule has 0 aliphatic carbocycles. The van der Waals surface area contributed by atoms with E-state index >= 15 is 0 Å². The number of rotatable bonds is 3. The van der Waals surface area contributed by atoms with Crippen molar-refractivity contribution in [2.75, 3.05) is 0 Å². The minimum atomic E-state index is -0.288. The number of benzene rings is 2. The largest absolute Gasteiger partial charge is 0.285 e. The number of ketones is 1. The van der Waals surface area contributed by atoms with E-state index in [1.54, 1.807) is 24.3 Å². The van der Waals surface area contributed by atoms with E-state index in [1.807, 2.05) is 30.3 Å². The second-order valence-electron chi connectivity index (χ2n) is 4.07. The molecule has 0 saturated carbocycles. The minimum absolute atomic E-state index is 0.0520. The SMILES string of the molecule is O=C(c1ccc(Cl)cc1)c1nnn(-c2ccccc2)n1. The molecule has 0 radical (unpaired) electrons. The van der Waals surface area contributed by atoms with Gasteiger partial charge in [-0.25, -0.2) is 0 Å². The first-order valence-electron chi connectivity index (χ1n) is 5.90. The van der Waals surface area contributed by atoms with Gasteiger partial charge in [0.2, 0.25) is 11.6 Å². The van der Waals surface area contributed by atoms with E-state index < -0.39 is 0 Å². The summed E-state index contributed by atoms with van der Waals surface area (Å²) in [6.45, 7) is 0. The number of halogens is 1. The molecule has 20 heavy (non-hydrogen) atoms. The van der Waals surface area contributed by atoms with Gasteiger partial charge >= 0.3 is 0 Å². The topological polar surface area (TPSA) is 60.7 Å². The quantitative estimate of drug-likeness (QED) is 0.694. The smallest absolute Gasteiger partial charge is 0.245 e. The van der Waals surface area contributed by atoms with Crippen molar-refractivity contribution in [2.45, 2.75) is 0 Å². The van der Waals surface area contributed by atoms with Crippen LogP contribution in [0, 0.1) is 0 Å². The van der Waals surface area contributed by atoms with Crippen molar-refractivity contribution in [1.82, 2.24) is 20.2 Å². The van der Waals surface area contributed by atoms with Crippen LogP contribution in [0.5, 0.6) is 0 Å². The predicted octanol–water partition coefficient (Wildman–Crippen LogP) is 2.55. The lowest BCUT2D eigenvalue weighted by atomic mass is 10.1. The third kappa shape index (κ3) is 2.44. The van der Waals surface area contributed by atoms with Gasteiger partial charge in [-0.2, -0.15) is 0 Å². The van der Waals surface area contributed by atoms with Crippen LogP contribution in [-0.2, 0) is 0 Å². The highest BCUT2D eigenvalue weighted by atomic mass is 35.5. The lowest BCUT2D eigenvalue weighted by Gasteiger charge is -1.97. The molecule has 0 aliphatic heterocycles. The van der Waals surface area contributed by atoms with Gasteiger partial charge in [0.05, 0.1) is 5.69 Å². The third-order valence-corrected chi connectivity index (χ3v) is 2.96. The summed E-state index contributed by atoms with van der Waals surface area (Å²) in [5.74, 6) is -0.236. The van der Waals surface area contributed by atoms with Gasteiger partial charge in [0.1, 0.15) is 0 Å². The normalized spacial score (nSPS) is 10.4. The van der Waals surface area contributed by atoms with E-state index in [1.165, 1.54) is 4.80 Å². The zero-order chi connectivity index (χ0) is 13.9. The van der Waals surface area contributed by atoms with E-state index in [0.717, 1.165) is 5.69 Å². The van der Waals surface area contributed by atoms with Crippen LogP contribution in [0.15, 0.2) is 54.6 Å². The summed E-state index contributed by atoms with van der Waals surface area (Å²) in [6, 6.07) is 15.8. The zero-order valence-corrected chi connectivity index (χ0v) is 11.0. The van der Waals surface area contributed by atoms with Gasteiger partial charge in [-0.1, -0.05) is 29.8 Å². The maximum Gasteiger partial charge on any atom is 0.245 e. The first kappa shape index (κ1) is 12.5. The van der Waals surface area contributed by atoms with Crippen molar-refractivity contribution in [1.29, 1.82) is 0 Å².